The number of carbonyl (C=O) groups excluding carboxylic acids is 2. The van der Waals surface area contributed by atoms with Gasteiger partial charge in [0.2, 0.25) is 5.91 Å². The van der Waals surface area contributed by atoms with E-state index in [2.05, 4.69) is 16.0 Å². The molecule has 0 aliphatic rings. The Kier molecular flexibility index (Phi) is 7.50. The number of carbonyl (C=O) groups is 3. The van der Waals surface area contributed by atoms with Gasteiger partial charge in [0.1, 0.15) is 12.1 Å². The van der Waals surface area contributed by atoms with Gasteiger partial charge in [0.15, 0.2) is 0 Å². The molecule has 0 heterocycles. The summed E-state index contributed by atoms with van der Waals surface area (Å²) < 4.78 is 0. The van der Waals surface area contributed by atoms with Crippen molar-refractivity contribution >= 4 is 17.9 Å². The first-order valence-corrected chi connectivity index (χ1v) is 5.99. The molecule has 0 saturated heterocycles. The summed E-state index contributed by atoms with van der Waals surface area (Å²) in [6.07, 6.45) is -0.102. The Morgan fingerprint density at radius 1 is 1.05 bits per heavy atom. The quantitative estimate of drug-likeness (QED) is 0.408. The van der Waals surface area contributed by atoms with Crippen LogP contribution in [-0.2, 0) is 9.59 Å². The number of aliphatic hydroxyl groups excluding tert-OH is 1. The third-order valence-electron chi connectivity index (χ3n) is 2.19. The largest absolute Gasteiger partial charge is 0.480 e. The molecule has 0 spiro atoms. The number of hydrogen-bond acceptors (Lipinski definition) is 4. The Morgan fingerprint density at radius 2 is 1.63 bits per heavy atom. The Morgan fingerprint density at radius 3 is 2.05 bits per heavy atom. The van der Waals surface area contributed by atoms with Crippen LogP contribution >= 0.6 is 0 Å². The third-order valence-corrected chi connectivity index (χ3v) is 2.19. The molecule has 8 nitrogen and oxygen atoms in total. The van der Waals surface area contributed by atoms with Crippen LogP contribution in [0.15, 0.2) is 0 Å². The fourth-order valence-electron chi connectivity index (χ4n) is 1.26. The predicted molar refractivity (Wildman–Crippen MR) is 67.5 cm³/mol. The second kappa shape index (κ2) is 8.30. The number of aliphatic carboxylic acids is 1. The molecule has 0 saturated carbocycles. The van der Waals surface area contributed by atoms with Crippen molar-refractivity contribution in [2.75, 3.05) is 6.61 Å². The van der Waals surface area contributed by atoms with E-state index in [4.69, 9.17) is 10.2 Å². The van der Waals surface area contributed by atoms with E-state index in [0.29, 0.717) is 0 Å². The van der Waals surface area contributed by atoms with Gasteiger partial charge in [-0.05, 0) is 20.8 Å². The van der Waals surface area contributed by atoms with Crippen molar-refractivity contribution in [3.8, 4) is 0 Å². The van der Waals surface area contributed by atoms with Crippen LogP contribution in [0, 0.1) is 0 Å². The highest BCUT2D eigenvalue weighted by Crippen LogP contribution is 1.92. The number of carboxylic acid groups (broad SMARTS) is 1. The lowest BCUT2D eigenvalue weighted by Gasteiger charge is -2.18. The van der Waals surface area contributed by atoms with Crippen molar-refractivity contribution in [2.24, 2.45) is 0 Å². The van der Waals surface area contributed by atoms with Gasteiger partial charge in [-0.3, -0.25) is 4.79 Å². The number of amides is 3. The number of urea groups is 1. The van der Waals surface area contributed by atoms with E-state index >= 15 is 0 Å². The number of carboxylic acids is 1. The van der Waals surface area contributed by atoms with Crippen LogP contribution in [0.1, 0.15) is 27.2 Å². The zero-order valence-electron chi connectivity index (χ0n) is 11.3. The van der Waals surface area contributed by atoms with E-state index < -0.39 is 24.1 Å². The average Bonchev–Trinajstić information content (AvgIpc) is 2.27. The van der Waals surface area contributed by atoms with Crippen LogP contribution in [0.4, 0.5) is 4.79 Å². The van der Waals surface area contributed by atoms with Crippen LogP contribution in [0.5, 0.6) is 0 Å². The SMILES string of the molecule is CC(C)NC(=O)C(C)NC(=O)NC(CCO)C(=O)O. The second-order valence-electron chi connectivity index (χ2n) is 4.41. The van der Waals surface area contributed by atoms with Gasteiger partial charge in [0, 0.05) is 19.1 Å². The number of aliphatic hydroxyl groups is 1. The van der Waals surface area contributed by atoms with Crippen molar-refractivity contribution in [1.29, 1.82) is 0 Å². The molecule has 0 fully saturated rings. The van der Waals surface area contributed by atoms with E-state index in [-0.39, 0.29) is 25.0 Å². The second-order valence-corrected chi connectivity index (χ2v) is 4.41. The minimum Gasteiger partial charge on any atom is -0.480 e. The summed E-state index contributed by atoms with van der Waals surface area (Å²) in [7, 11) is 0. The van der Waals surface area contributed by atoms with Gasteiger partial charge < -0.3 is 26.2 Å². The summed E-state index contributed by atoms with van der Waals surface area (Å²) in [5.74, 6) is -1.61. The molecule has 5 N–H and O–H groups in total. The average molecular weight is 275 g/mol. The maximum atomic E-state index is 11.5. The van der Waals surface area contributed by atoms with Gasteiger partial charge in [-0.15, -0.1) is 0 Å². The Labute approximate surface area is 111 Å². The highest BCUT2D eigenvalue weighted by molar-refractivity contribution is 5.88. The molecule has 19 heavy (non-hydrogen) atoms. The lowest BCUT2D eigenvalue weighted by Crippen LogP contribution is -2.53. The molecule has 0 rings (SSSR count). The number of hydrogen-bond donors (Lipinski definition) is 5. The van der Waals surface area contributed by atoms with Gasteiger partial charge in [-0.25, -0.2) is 9.59 Å². The van der Waals surface area contributed by atoms with Gasteiger partial charge in [0.25, 0.3) is 0 Å². The molecule has 0 radical (unpaired) electrons. The molecule has 110 valence electrons. The molecule has 8 heteroatoms. The molecule has 0 bridgehead atoms. The normalized spacial score (nSPS) is 13.5. The van der Waals surface area contributed by atoms with Crippen molar-refractivity contribution < 1.29 is 24.6 Å². The first-order valence-electron chi connectivity index (χ1n) is 5.99. The summed E-state index contributed by atoms with van der Waals surface area (Å²) in [6, 6.07) is -2.80. The summed E-state index contributed by atoms with van der Waals surface area (Å²) in [5.41, 5.74) is 0. The highest BCUT2D eigenvalue weighted by Gasteiger charge is 2.21. The number of nitrogens with one attached hydrogen (secondary N) is 3. The Balaban J connectivity index is 4.28. The molecule has 0 aliphatic carbocycles. The molecule has 0 aliphatic heterocycles. The molecule has 0 aromatic heterocycles. The fraction of sp³-hybridized carbons (Fsp3) is 0.727. The first kappa shape index (κ1) is 17.2. The monoisotopic (exact) mass is 275 g/mol. The highest BCUT2D eigenvalue weighted by atomic mass is 16.4. The molecule has 2 unspecified atom stereocenters. The van der Waals surface area contributed by atoms with Crippen molar-refractivity contribution in [3.05, 3.63) is 0 Å². The van der Waals surface area contributed by atoms with Crippen molar-refractivity contribution in [2.45, 2.75) is 45.3 Å². The molecule has 3 amide bonds. The van der Waals surface area contributed by atoms with Crippen LogP contribution in [0.25, 0.3) is 0 Å². The topological polar surface area (TPSA) is 128 Å². The molecule has 0 aromatic rings. The fourth-order valence-corrected chi connectivity index (χ4v) is 1.26. The zero-order chi connectivity index (χ0) is 15.0. The minimum atomic E-state index is -1.25. The van der Waals surface area contributed by atoms with Crippen molar-refractivity contribution in [1.82, 2.24) is 16.0 Å². The lowest BCUT2D eigenvalue weighted by atomic mass is 10.2. The maximum absolute atomic E-state index is 11.5. The molecule has 0 aromatic carbocycles. The molecule has 2 atom stereocenters. The van der Waals surface area contributed by atoms with E-state index in [1.165, 1.54) is 6.92 Å². The van der Waals surface area contributed by atoms with Crippen LogP contribution < -0.4 is 16.0 Å². The smallest absolute Gasteiger partial charge is 0.326 e. The maximum Gasteiger partial charge on any atom is 0.326 e. The molecular weight excluding hydrogens is 254 g/mol. The zero-order valence-corrected chi connectivity index (χ0v) is 11.3. The summed E-state index contributed by atoms with van der Waals surface area (Å²) in [6.45, 7) is 4.69. The summed E-state index contributed by atoms with van der Waals surface area (Å²) >= 11 is 0. The number of rotatable bonds is 7. The van der Waals surface area contributed by atoms with Gasteiger partial charge >= 0.3 is 12.0 Å². The van der Waals surface area contributed by atoms with Crippen LogP contribution in [-0.4, -0.2) is 52.9 Å². The Bertz CT molecular complexity index is 332. The van der Waals surface area contributed by atoms with E-state index in [9.17, 15) is 14.4 Å². The molecular formula is C11H21N3O5. The third kappa shape index (κ3) is 7.24. The van der Waals surface area contributed by atoms with Gasteiger partial charge in [-0.2, -0.15) is 0 Å². The van der Waals surface area contributed by atoms with Gasteiger partial charge in [0.05, 0.1) is 0 Å². The predicted octanol–water partition coefficient (Wildman–Crippen LogP) is -0.966. The van der Waals surface area contributed by atoms with Crippen LogP contribution in [0.3, 0.4) is 0 Å². The minimum absolute atomic E-state index is 0.0547. The van der Waals surface area contributed by atoms with E-state index in [1.807, 2.05) is 0 Å². The van der Waals surface area contributed by atoms with Gasteiger partial charge in [-0.1, -0.05) is 0 Å². The van der Waals surface area contributed by atoms with Crippen LogP contribution in [0.2, 0.25) is 0 Å². The van der Waals surface area contributed by atoms with E-state index in [1.54, 1.807) is 13.8 Å². The van der Waals surface area contributed by atoms with E-state index in [0.717, 1.165) is 0 Å². The first-order chi connectivity index (χ1) is 8.77. The summed E-state index contributed by atoms with van der Waals surface area (Å²) in [5, 5.41) is 24.6. The van der Waals surface area contributed by atoms with Crippen molar-refractivity contribution in [3.63, 3.8) is 0 Å². The lowest BCUT2D eigenvalue weighted by molar-refractivity contribution is -0.139. The summed E-state index contributed by atoms with van der Waals surface area (Å²) in [4.78, 5) is 33.8. The Hall–Kier alpha value is -1.83. The standard InChI is InChI=1S/C11H21N3O5/c1-6(2)12-9(16)7(3)13-11(19)14-8(4-5-15)10(17)18/h6-8,15H,4-5H2,1-3H3,(H,12,16)(H,17,18)(H2,13,14,19).